The van der Waals surface area contributed by atoms with Gasteiger partial charge in [-0.2, -0.15) is 0 Å². The molecule has 9 heteroatoms. The van der Waals surface area contributed by atoms with Gasteiger partial charge in [0.25, 0.3) is 5.91 Å². The van der Waals surface area contributed by atoms with Crippen LogP contribution < -0.4 is 20.5 Å². The number of nitrogens with two attached hydrogens (primary N) is 1. The molecule has 39 heavy (non-hydrogen) atoms. The molecule has 4 N–H and O–H groups in total. The van der Waals surface area contributed by atoms with Crippen LogP contribution in [0.1, 0.15) is 71.3 Å². The van der Waals surface area contributed by atoms with E-state index < -0.39 is 17.7 Å². The number of ether oxygens (including phenoxy) is 4. The van der Waals surface area contributed by atoms with Crippen LogP contribution in [0.4, 0.5) is 0 Å². The molecule has 8 nitrogen and oxygen atoms in total. The summed E-state index contributed by atoms with van der Waals surface area (Å²) >= 11 is 0. The summed E-state index contributed by atoms with van der Waals surface area (Å²) in [4.78, 5) is 13.1. The summed E-state index contributed by atoms with van der Waals surface area (Å²) in [7, 11) is 4.91. The Labute approximate surface area is 242 Å². The van der Waals surface area contributed by atoms with Gasteiger partial charge < -0.3 is 35.1 Å². The molecule has 1 aromatic carbocycles. The zero-order valence-electron chi connectivity index (χ0n) is 24.9. The van der Waals surface area contributed by atoms with Crippen molar-refractivity contribution in [3.05, 3.63) is 23.8 Å². The molecule has 1 aliphatic rings. The van der Waals surface area contributed by atoms with Crippen LogP contribution in [0.15, 0.2) is 18.2 Å². The summed E-state index contributed by atoms with van der Waals surface area (Å²) < 4.78 is 22.2. The largest absolute Gasteiger partial charge is 0.493 e. The Balaban J connectivity index is 0.00000760. The molecule has 0 radical (unpaired) electrons. The van der Waals surface area contributed by atoms with Crippen LogP contribution in [0, 0.1) is 17.8 Å². The molecule has 226 valence electrons. The molecule has 4 atom stereocenters. The predicted octanol–water partition coefficient (Wildman–Crippen LogP) is 4.53. The van der Waals surface area contributed by atoms with Crippen molar-refractivity contribution in [1.29, 1.82) is 0 Å². The van der Waals surface area contributed by atoms with E-state index in [1.165, 1.54) is 6.42 Å². The number of rotatable bonds is 17. The number of halogens is 1. The molecule has 2 rings (SSSR count). The Morgan fingerprint density at radius 2 is 1.82 bits per heavy atom. The quantitative estimate of drug-likeness (QED) is 0.235. The van der Waals surface area contributed by atoms with E-state index in [0.29, 0.717) is 31.3 Å². The van der Waals surface area contributed by atoms with Crippen molar-refractivity contribution in [3.63, 3.8) is 0 Å². The van der Waals surface area contributed by atoms with E-state index in [9.17, 15) is 9.90 Å². The summed E-state index contributed by atoms with van der Waals surface area (Å²) in [6.07, 6.45) is 6.81. The molecule has 1 amide bonds. The number of carbonyl (C=O) groups excluding carboxylic acids is 1. The normalized spacial score (nSPS) is 18.0. The number of benzene rings is 1. The molecule has 0 saturated heterocycles. The van der Waals surface area contributed by atoms with Gasteiger partial charge in [0, 0.05) is 39.8 Å². The van der Waals surface area contributed by atoms with Gasteiger partial charge in [0.05, 0.1) is 19.8 Å². The molecule has 0 bridgehead atoms. The van der Waals surface area contributed by atoms with Crippen LogP contribution in [0.5, 0.6) is 11.5 Å². The van der Waals surface area contributed by atoms with Gasteiger partial charge in [-0.15, -0.1) is 12.4 Å². The molecule has 1 aliphatic carbocycles. The molecule has 0 spiro atoms. The first-order chi connectivity index (χ1) is 18.2. The van der Waals surface area contributed by atoms with Crippen LogP contribution in [-0.4, -0.2) is 69.8 Å². The average molecular weight is 573 g/mol. The van der Waals surface area contributed by atoms with Gasteiger partial charge in [0.15, 0.2) is 11.5 Å². The Bertz CT molecular complexity index is 836. The van der Waals surface area contributed by atoms with Gasteiger partial charge in [-0.3, -0.25) is 4.79 Å². The number of nitrogens with one attached hydrogen (secondary N) is 1. The van der Waals surface area contributed by atoms with E-state index in [1.54, 1.807) is 21.3 Å². The van der Waals surface area contributed by atoms with Gasteiger partial charge in [-0.25, -0.2) is 0 Å². The van der Waals surface area contributed by atoms with E-state index in [-0.39, 0.29) is 36.7 Å². The Hall–Kier alpha value is -1.58. The molecular formula is C30H53ClN2O6. The number of methoxy groups -OCH3 is 3. The fourth-order valence-corrected chi connectivity index (χ4v) is 5.37. The van der Waals surface area contributed by atoms with E-state index >= 15 is 0 Å². The van der Waals surface area contributed by atoms with Crippen molar-refractivity contribution in [3.8, 4) is 11.5 Å². The summed E-state index contributed by atoms with van der Waals surface area (Å²) in [5.41, 5.74) is 6.70. The van der Waals surface area contributed by atoms with Gasteiger partial charge in [-0.05, 0) is 68.1 Å². The van der Waals surface area contributed by atoms with Crippen molar-refractivity contribution >= 4 is 18.3 Å². The van der Waals surface area contributed by atoms with Crippen molar-refractivity contribution in [2.24, 2.45) is 23.5 Å². The standard InChI is InChI=1S/C30H52N2O6.ClH/c1-21(2)23(17-22-13-14-27(36-5)28(18-22)38-16-10-15-35-4)19-25(31)26(33)20-32-29(34)30(3,37-6)24-11-8-7-9-12-24;/h13-14,18,21,23-26,33H,7-12,15-17,19-20,31H2,1-6H3,(H,32,34);1H. The molecule has 1 aromatic rings. The second-order valence-electron chi connectivity index (χ2n) is 11.2. The SMILES string of the molecule is COCCCOc1cc(CC(CC(N)C(O)CNC(=O)C(C)(OC)C2CCCCC2)C(C)C)ccc1OC.Cl. The highest BCUT2D eigenvalue weighted by atomic mass is 35.5. The van der Waals surface area contributed by atoms with Gasteiger partial charge in [-0.1, -0.05) is 39.2 Å². The topological polar surface area (TPSA) is 112 Å². The minimum Gasteiger partial charge on any atom is -0.493 e. The summed E-state index contributed by atoms with van der Waals surface area (Å²) in [6, 6.07) is 5.55. The second kappa shape index (κ2) is 18.0. The van der Waals surface area contributed by atoms with Gasteiger partial charge >= 0.3 is 0 Å². The van der Waals surface area contributed by atoms with E-state index in [0.717, 1.165) is 49.8 Å². The maximum absolute atomic E-state index is 13.1. The molecule has 1 fully saturated rings. The fourth-order valence-electron chi connectivity index (χ4n) is 5.37. The number of aliphatic hydroxyl groups excluding tert-OH is 1. The van der Waals surface area contributed by atoms with Crippen LogP contribution in [0.3, 0.4) is 0 Å². The number of carbonyl (C=O) groups is 1. The smallest absolute Gasteiger partial charge is 0.252 e. The Morgan fingerprint density at radius 1 is 1.13 bits per heavy atom. The predicted molar refractivity (Wildman–Crippen MR) is 158 cm³/mol. The highest BCUT2D eigenvalue weighted by Gasteiger charge is 2.42. The first-order valence-corrected chi connectivity index (χ1v) is 14.2. The highest BCUT2D eigenvalue weighted by molar-refractivity contribution is 5.85. The second-order valence-corrected chi connectivity index (χ2v) is 11.2. The Morgan fingerprint density at radius 3 is 2.41 bits per heavy atom. The summed E-state index contributed by atoms with van der Waals surface area (Å²) in [5, 5.41) is 13.8. The van der Waals surface area contributed by atoms with Crippen LogP contribution in [0.2, 0.25) is 0 Å². The van der Waals surface area contributed by atoms with E-state index in [1.807, 2.05) is 19.1 Å². The molecule has 4 unspecified atom stereocenters. The van der Waals surface area contributed by atoms with Crippen molar-refractivity contribution in [1.82, 2.24) is 5.32 Å². The zero-order valence-corrected chi connectivity index (χ0v) is 25.7. The molecular weight excluding hydrogens is 520 g/mol. The zero-order chi connectivity index (χ0) is 28.1. The third kappa shape index (κ3) is 10.7. The number of hydrogen-bond acceptors (Lipinski definition) is 7. The Kier molecular flexibility index (Phi) is 16.3. The van der Waals surface area contributed by atoms with Crippen LogP contribution >= 0.6 is 12.4 Å². The van der Waals surface area contributed by atoms with Crippen molar-refractivity contribution < 1.29 is 28.8 Å². The van der Waals surface area contributed by atoms with E-state index in [2.05, 4.69) is 25.2 Å². The van der Waals surface area contributed by atoms with E-state index in [4.69, 9.17) is 24.7 Å². The minimum atomic E-state index is -0.886. The van der Waals surface area contributed by atoms with Crippen molar-refractivity contribution in [2.45, 2.75) is 89.9 Å². The molecule has 0 heterocycles. The third-order valence-electron chi connectivity index (χ3n) is 8.22. The fraction of sp³-hybridized carbons (Fsp3) is 0.767. The lowest BCUT2D eigenvalue weighted by Gasteiger charge is -2.37. The molecule has 0 aromatic heterocycles. The summed E-state index contributed by atoms with van der Waals surface area (Å²) in [5.74, 6) is 2.04. The maximum atomic E-state index is 13.1. The lowest BCUT2D eigenvalue weighted by atomic mass is 9.77. The molecule has 1 saturated carbocycles. The first-order valence-electron chi connectivity index (χ1n) is 14.2. The van der Waals surface area contributed by atoms with Crippen LogP contribution in [0.25, 0.3) is 0 Å². The number of hydrogen-bond donors (Lipinski definition) is 3. The van der Waals surface area contributed by atoms with Crippen LogP contribution in [-0.2, 0) is 20.7 Å². The molecule has 0 aliphatic heterocycles. The lowest BCUT2D eigenvalue weighted by Crippen LogP contribution is -2.54. The van der Waals surface area contributed by atoms with Crippen molar-refractivity contribution in [2.75, 3.05) is 41.1 Å². The summed E-state index contributed by atoms with van der Waals surface area (Å²) in [6.45, 7) is 7.51. The minimum absolute atomic E-state index is 0. The first kappa shape index (κ1) is 35.4. The number of amides is 1. The number of aliphatic hydroxyl groups is 1. The maximum Gasteiger partial charge on any atom is 0.252 e. The van der Waals surface area contributed by atoms with Gasteiger partial charge in [0.2, 0.25) is 0 Å². The third-order valence-corrected chi connectivity index (χ3v) is 8.22. The monoisotopic (exact) mass is 572 g/mol. The lowest BCUT2D eigenvalue weighted by molar-refractivity contribution is -0.150. The average Bonchev–Trinajstić information content (AvgIpc) is 2.93. The van der Waals surface area contributed by atoms with Gasteiger partial charge in [0.1, 0.15) is 5.60 Å². The highest BCUT2D eigenvalue weighted by Crippen LogP contribution is 2.35.